The number of rotatable bonds is 7. The number of nitrogens with zero attached hydrogens (tertiary/aromatic N) is 2. The number of sulfonamides is 1. The number of nitrogens with one attached hydrogen (secondary N) is 1. The lowest BCUT2D eigenvalue weighted by atomic mass is 10.2. The summed E-state index contributed by atoms with van der Waals surface area (Å²) in [6.45, 7) is 0.306. The summed E-state index contributed by atoms with van der Waals surface area (Å²) in [5.41, 5.74) is 1.40. The van der Waals surface area contributed by atoms with Crippen LogP contribution in [0.4, 0.5) is 0 Å². The molecule has 23 heavy (non-hydrogen) atoms. The van der Waals surface area contributed by atoms with E-state index in [1.54, 1.807) is 12.4 Å². The van der Waals surface area contributed by atoms with E-state index in [0.717, 1.165) is 12.0 Å². The molecule has 0 aliphatic carbocycles. The van der Waals surface area contributed by atoms with E-state index in [-0.39, 0.29) is 10.6 Å². The predicted octanol–water partition coefficient (Wildman–Crippen LogP) is 1.87. The van der Waals surface area contributed by atoms with Crippen molar-refractivity contribution in [2.24, 2.45) is 0 Å². The Labute approximate surface area is 135 Å². The van der Waals surface area contributed by atoms with Crippen LogP contribution in [0.2, 0.25) is 0 Å². The largest absolute Gasteiger partial charge is 0.495 e. The van der Waals surface area contributed by atoms with Crippen LogP contribution in [0.15, 0.2) is 47.6 Å². The second kappa shape index (κ2) is 7.72. The summed E-state index contributed by atoms with van der Waals surface area (Å²) in [6.07, 6.45) is 4.85. The highest BCUT2D eigenvalue weighted by Gasteiger charge is 2.19. The van der Waals surface area contributed by atoms with E-state index < -0.39 is 10.0 Å². The van der Waals surface area contributed by atoms with Gasteiger partial charge in [0.2, 0.25) is 10.0 Å². The van der Waals surface area contributed by atoms with Gasteiger partial charge >= 0.3 is 0 Å². The van der Waals surface area contributed by atoms with Crippen molar-refractivity contribution in [2.45, 2.75) is 17.7 Å². The number of ether oxygens (including phenoxy) is 1. The van der Waals surface area contributed by atoms with Crippen LogP contribution in [-0.2, 0) is 16.4 Å². The third-order valence-corrected chi connectivity index (χ3v) is 4.74. The summed E-state index contributed by atoms with van der Waals surface area (Å²) in [6, 6.07) is 9.98. The van der Waals surface area contributed by atoms with Crippen LogP contribution in [0.3, 0.4) is 0 Å². The van der Waals surface area contributed by atoms with Crippen molar-refractivity contribution in [2.75, 3.05) is 13.7 Å². The highest BCUT2D eigenvalue weighted by atomic mass is 32.2. The first-order chi connectivity index (χ1) is 11.1. The van der Waals surface area contributed by atoms with Crippen LogP contribution in [0.5, 0.6) is 5.75 Å². The maximum atomic E-state index is 12.3. The smallest absolute Gasteiger partial charge is 0.244 e. The minimum Gasteiger partial charge on any atom is -0.495 e. The number of nitriles is 1. The Hall–Kier alpha value is -2.43. The van der Waals surface area contributed by atoms with E-state index in [2.05, 4.69) is 9.71 Å². The minimum absolute atomic E-state index is 0.0281. The van der Waals surface area contributed by atoms with Gasteiger partial charge in [0.1, 0.15) is 10.6 Å². The molecular formula is C16H17N3O3S. The maximum absolute atomic E-state index is 12.3. The Kier molecular flexibility index (Phi) is 5.68. The number of hydrogen-bond donors (Lipinski definition) is 1. The fourth-order valence-corrected chi connectivity index (χ4v) is 3.30. The van der Waals surface area contributed by atoms with Gasteiger partial charge in [0.05, 0.1) is 18.7 Å². The summed E-state index contributed by atoms with van der Waals surface area (Å²) in [4.78, 5) is 4.05. The Balaban J connectivity index is 2.00. The lowest BCUT2D eigenvalue weighted by Gasteiger charge is -2.11. The second-order valence-corrected chi connectivity index (χ2v) is 6.58. The first-order valence-electron chi connectivity index (χ1n) is 7.03. The fraction of sp³-hybridized carbons (Fsp3) is 0.250. The van der Waals surface area contributed by atoms with Crippen LogP contribution in [-0.4, -0.2) is 27.1 Å². The van der Waals surface area contributed by atoms with Crippen molar-refractivity contribution >= 4 is 10.0 Å². The van der Waals surface area contributed by atoms with Gasteiger partial charge in [0.15, 0.2) is 0 Å². The average Bonchev–Trinajstić information content (AvgIpc) is 2.59. The van der Waals surface area contributed by atoms with E-state index in [4.69, 9.17) is 10.00 Å². The molecule has 0 spiro atoms. The first kappa shape index (κ1) is 16.9. The predicted molar refractivity (Wildman–Crippen MR) is 85.5 cm³/mol. The zero-order valence-corrected chi connectivity index (χ0v) is 13.5. The van der Waals surface area contributed by atoms with Crippen LogP contribution in [0.1, 0.15) is 17.5 Å². The molecule has 0 bridgehead atoms. The van der Waals surface area contributed by atoms with Gasteiger partial charge < -0.3 is 4.74 Å². The van der Waals surface area contributed by atoms with E-state index in [9.17, 15) is 8.42 Å². The van der Waals surface area contributed by atoms with E-state index in [1.807, 2.05) is 18.2 Å². The molecule has 2 rings (SSSR count). The third-order valence-electron chi connectivity index (χ3n) is 3.24. The molecule has 120 valence electrons. The second-order valence-electron chi connectivity index (χ2n) is 4.84. The Morgan fingerprint density at radius 2 is 2.17 bits per heavy atom. The molecule has 6 nitrogen and oxygen atoms in total. The highest BCUT2D eigenvalue weighted by molar-refractivity contribution is 7.89. The van der Waals surface area contributed by atoms with E-state index >= 15 is 0 Å². The molecule has 7 heteroatoms. The molecular weight excluding hydrogens is 314 g/mol. The van der Waals surface area contributed by atoms with Crippen LogP contribution >= 0.6 is 0 Å². The minimum atomic E-state index is -3.68. The standard InChI is InChI=1S/C16H17N3O3S/c1-22-15-10-14(11-17)6-7-16(15)23(20,21)19-9-3-5-13-4-2-8-18-12-13/h2,4,6-8,10,12,19H,3,5,9H2,1H3. The van der Waals surface area contributed by atoms with E-state index in [0.29, 0.717) is 18.5 Å². The molecule has 2 aromatic rings. The quantitative estimate of drug-likeness (QED) is 0.782. The zero-order chi connectivity index (χ0) is 16.7. The number of hydrogen-bond acceptors (Lipinski definition) is 5. The van der Waals surface area contributed by atoms with Crippen LogP contribution in [0.25, 0.3) is 0 Å². The summed E-state index contributed by atoms with van der Waals surface area (Å²) >= 11 is 0. The van der Waals surface area contributed by atoms with Crippen molar-refractivity contribution in [1.82, 2.24) is 9.71 Å². The van der Waals surface area contributed by atoms with Crippen molar-refractivity contribution in [1.29, 1.82) is 5.26 Å². The van der Waals surface area contributed by atoms with Gasteiger partial charge in [-0.1, -0.05) is 6.07 Å². The Morgan fingerprint density at radius 3 is 2.83 bits per heavy atom. The average molecular weight is 331 g/mol. The molecule has 1 aromatic heterocycles. The first-order valence-corrected chi connectivity index (χ1v) is 8.52. The Morgan fingerprint density at radius 1 is 1.35 bits per heavy atom. The lowest BCUT2D eigenvalue weighted by molar-refractivity contribution is 0.402. The van der Waals surface area contributed by atoms with Gasteiger partial charge in [0.25, 0.3) is 0 Å². The monoisotopic (exact) mass is 331 g/mol. The zero-order valence-electron chi connectivity index (χ0n) is 12.7. The molecule has 0 atom stereocenters. The fourth-order valence-electron chi connectivity index (χ4n) is 2.08. The molecule has 0 saturated carbocycles. The molecule has 0 radical (unpaired) electrons. The molecule has 0 aliphatic heterocycles. The van der Waals surface area contributed by atoms with Crippen molar-refractivity contribution in [3.05, 3.63) is 53.9 Å². The van der Waals surface area contributed by atoms with Gasteiger partial charge in [-0.3, -0.25) is 4.98 Å². The molecule has 1 aromatic carbocycles. The van der Waals surface area contributed by atoms with Gasteiger partial charge in [0, 0.05) is 18.9 Å². The number of methoxy groups -OCH3 is 1. The van der Waals surface area contributed by atoms with Gasteiger partial charge in [-0.2, -0.15) is 5.26 Å². The molecule has 0 aliphatic rings. The number of aromatic nitrogens is 1. The number of pyridine rings is 1. The molecule has 0 unspecified atom stereocenters. The Bertz CT molecular complexity index is 799. The molecule has 0 saturated heterocycles. The topological polar surface area (TPSA) is 92.1 Å². The van der Waals surface area contributed by atoms with Crippen molar-refractivity contribution in [3.63, 3.8) is 0 Å². The molecule has 1 heterocycles. The van der Waals surface area contributed by atoms with Gasteiger partial charge in [-0.15, -0.1) is 0 Å². The van der Waals surface area contributed by atoms with Gasteiger partial charge in [-0.25, -0.2) is 13.1 Å². The molecule has 0 amide bonds. The summed E-state index contributed by atoms with van der Waals surface area (Å²) < 4.78 is 32.3. The summed E-state index contributed by atoms with van der Waals surface area (Å²) in [5, 5.41) is 8.86. The van der Waals surface area contributed by atoms with Crippen LogP contribution in [0, 0.1) is 11.3 Å². The SMILES string of the molecule is COc1cc(C#N)ccc1S(=O)(=O)NCCCc1cccnc1. The van der Waals surface area contributed by atoms with Crippen LogP contribution < -0.4 is 9.46 Å². The molecule has 1 N–H and O–H groups in total. The third kappa shape index (κ3) is 4.52. The summed E-state index contributed by atoms with van der Waals surface area (Å²) in [7, 11) is -2.31. The van der Waals surface area contributed by atoms with Gasteiger partial charge in [-0.05, 0) is 42.7 Å². The van der Waals surface area contributed by atoms with E-state index in [1.165, 1.54) is 25.3 Å². The normalized spacial score (nSPS) is 11.0. The number of aryl methyl sites for hydroxylation is 1. The summed E-state index contributed by atoms with van der Waals surface area (Å²) in [5.74, 6) is 0.156. The number of benzene rings is 1. The lowest BCUT2D eigenvalue weighted by Crippen LogP contribution is -2.25. The molecule has 0 fully saturated rings. The van der Waals surface area contributed by atoms with Crippen molar-refractivity contribution < 1.29 is 13.2 Å². The van der Waals surface area contributed by atoms with Crippen molar-refractivity contribution in [3.8, 4) is 11.8 Å². The maximum Gasteiger partial charge on any atom is 0.244 e. The highest BCUT2D eigenvalue weighted by Crippen LogP contribution is 2.24.